The third kappa shape index (κ3) is 2.72. The summed E-state index contributed by atoms with van der Waals surface area (Å²) in [6, 6.07) is 0. The first-order chi connectivity index (χ1) is 12.3. The number of aliphatic hydroxyl groups is 2. The summed E-state index contributed by atoms with van der Waals surface area (Å²) in [5.41, 5.74) is 0.811. The molecule has 4 fully saturated rings. The highest BCUT2D eigenvalue weighted by molar-refractivity contribution is 5.11. The molecule has 4 aliphatic rings. The van der Waals surface area contributed by atoms with Gasteiger partial charge < -0.3 is 10.2 Å². The van der Waals surface area contributed by atoms with Crippen LogP contribution in [0.1, 0.15) is 91.9 Å². The zero-order valence-corrected chi connectivity index (χ0v) is 17.6. The van der Waals surface area contributed by atoms with Gasteiger partial charge in [-0.3, -0.25) is 0 Å². The van der Waals surface area contributed by atoms with Crippen LogP contribution in [0, 0.1) is 46.3 Å². The van der Waals surface area contributed by atoms with Crippen molar-refractivity contribution < 1.29 is 10.2 Å². The summed E-state index contributed by atoms with van der Waals surface area (Å²) in [7, 11) is 0. The Morgan fingerprint density at radius 2 is 1.62 bits per heavy atom. The molecule has 6 unspecified atom stereocenters. The van der Waals surface area contributed by atoms with E-state index in [0.29, 0.717) is 28.6 Å². The first-order valence-electron chi connectivity index (χ1n) is 11.7. The van der Waals surface area contributed by atoms with Crippen molar-refractivity contribution in [3.63, 3.8) is 0 Å². The fourth-order valence-electron chi connectivity index (χ4n) is 8.83. The first kappa shape index (κ1) is 19.2. The molecule has 0 aromatic carbocycles. The average Bonchev–Trinajstić information content (AvgIpc) is 2.94. The van der Waals surface area contributed by atoms with Crippen molar-refractivity contribution in [3.8, 4) is 0 Å². The Balaban J connectivity index is 1.61. The van der Waals surface area contributed by atoms with Crippen molar-refractivity contribution in [2.75, 3.05) is 0 Å². The summed E-state index contributed by atoms with van der Waals surface area (Å²) in [6.45, 7) is 9.92. The monoisotopic (exact) mass is 362 g/mol. The highest BCUT2D eigenvalue weighted by atomic mass is 16.3. The van der Waals surface area contributed by atoms with Gasteiger partial charge in [-0.2, -0.15) is 0 Å². The number of hydrogen-bond acceptors (Lipinski definition) is 2. The largest absolute Gasteiger partial charge is 0.393 e. The maximum atomic E-state index is 11.3. The first-order valence-corrected chi connectivity index (χ1v) is 11.7. The molecule has 0 saturated heterocycles. The highest BCUT2D eigenvalue weighted by Gasteiger charge is 2.62. The molecule has 0 aromatic heterocycles. The number of fused-ring (bicyclic) bond motifs is 5. The van der Waals surface area contributed by atoms with Gasteiger partial charge in [0.15, 0.2) is 0 Å². The Kier molecular flexibility index (Phi) is 5.01. The second-order valence-corrected chi connectivity index (χ2v) is 11.2. The molecule has 150 valence electrons. The van der Waals surface area contributed by atoms with Crippen molar-refractivity contribution in [1.29, 1.82) is 0 Å². The molecule has 10 atom stereocenters. The summed E-state index contributed by atoms with van der Waals surface area (Å²) < 4.78 is 0. The fourth-order valence-corrected chi connectivity index (χ4v) is 8.83. The lowest BCUT2D eigenvalue weighted by Crippen LogP contribution is -2.58. The minimum Gasteiger partial charge on any atom is -0.393 e. The molecule has 4 rings (SSSR count). The summed E-state index contributed by atoms with van der Waals surface area (Å²) in [5.74, 6) is 4.15. The van der Waals surface area contributed by atoms with E-state index in [9.17, 15) is 10.2 Å². The molecule has 0 aliphatic heterocycles. The molecule has 0 amide bonds. The van der Waals surface area contributed by atoms with Crippen LogP contribution < -0.4 is 0 Å². The van der Waals surface area contributed by atoms with Crippen LogP contribution in [0.25, 0.3) is 0 Å². The normalized spacial score (nSPS) is 54.9. The average molecular weight is 363 g/mol. The van der Waals surface area contributed by atoms with Gasteiger partial charge in [0.2, 0.25) is 0 Å². The van der Waals surface area contributed by atoms with Crippen LogP contribution in [0.2, 0.25) is 0 Å². The minimum absolute atomic E-state index is 0.128. The standard InChI is InChI=1S/C24H42O2/c1-5-6-15(2)18-7-8-19-22-20(10-12-24(18,19)4)23(3)11-9-17(25)13-16(23)14-21(22)26/h15-22,25-26H,5-14H2,1-4H3/t15?,16?,17-,18+,19?,20?,21?,22?,23-,24+/m0/s1. The van der Waals surface area contributed by atoms with Gasteiger partial charge in [0.25, 0.3) is 0 Å². The zero-order valence-electron chi connectivity index (χ0n) is 17.6. The summed E-state index contributed by atoms with van der Waals surface area (Å²) in [6.07, 6.45) is 11.8. The number of hydrogen-bond donors (Lipinski definition) is 2. The van der Waals surface area contributed by atoms with Crippen LogP contribution in [-0.2, 0) is 0 Å². The SMILES string of the molecule is CCCC(C)[C@H]1CCC2C3C(O)CC4C[C@@H](O)CC[C@]4(C)C3CC[C@@]21C. The number of aliphatic hydroxyl groups excluding tert-OH is 2. The van der Waals surface area contributed by atoms with E-state index < -0.39 is 0 Å². The van der Waals surface area contributed by atoms with Gasteiger partial charge in [0.1, 0.15) is 0 Å². The molecule has 0 radical (unpaired) electrons. The summed E-state index contributed by atoms with van der Waals surface area (Å²) >= 11 is 0. The topological polar surface area (TPSA) is 40.5 Å². The van der Waals surface area contributed by atoms with Crippen molar-refractivity contribution in [1.82, 2.24) is 0 Å². The predicted octanol–water partition coefficient (Wildman–Crippen LogP) is 5.41. The molecular weight excluding hydrogens is 320 g/mol. The van der Waals surface area contributed by atoms with Crippen LogP contribution in [0.3, 0.4) is 0 Å². The third-order valence-electron chi connectivity index (χ3n) is 10.2. The van der Waals surface area contributed by atoms with Gasteiger partial charge in [-0.05, 0) is 97.7 Å². The van der Waals surface area contributed by atoms with E-state index in [1.54, 1.807) is 0 Å². The van der Waals surface area contributed by atoms with E-state index in [4.69, 9.17) is 0 Å². The van der Waals surface area contributed by atoms with Crippen LogP contribution in [0.15, 0.2) is 0 Å². The molecule has 0 heterocycles. The lowest BCUT2D eigenvalue weighted by molar-refractivity contribution is -0.174. The van der Waals surface area contributed by atoms with Gasteiger partial charge in [0.05, 0.1) is 12.2 Å². The van der Waals surface area contributed by atoms with E-state index in [-0.39, 0.29) is 12.2 Å². The van der Waals surface area contributed by atoms with Gasteiger partial charge in [-0.1, -0.05) is 40.5 Å². The van der Waals surface area contributed by atoms with Gasteiger partial charge in [0, 0.05) is 0 Å². The number of rotatable bonds is 3. The van der Waals surface area contributed by atoms with E-state index in [1.807, 2.05) is 0 Å². The Morgan fingerprint density at radius 1 is 0.923 bits per heavy atom. The molecule has 2 nitrogen and oxygen atoms in total. The quantitative estimate of drug-likeness (QED) is 0.704. The Bertz CT molecular complexity index is 518. The molecule has 2 heteroatoms. The van der Waals surface area contributed by atoms with Crippen molar-refractivity contribution in [3.05, 3.63) is 0 Å². The van der Waals surface area contributed by atoms with Crippen molar-refractivity contribution >= 4 is 0 Å². The molecule has 4 aliphatic carbocycles. The maximum Gasteiger partial charge on any atom is 0.0577 e. The lowest BCUT2D eigenvalue weighted by atomic mass is 9.43. The maximum absolute atomic E-state index is 11.3. The highest BCUT2D eigenvalue weighted by Crippen LogP contribution is 2.68. The third-order valence-corrected chi connectivity index (χ3v) is 10.2. The van der Waals surface area contributed by atoms with Gasteiger partial charge in [-0.25, -0.2) is 0 Å². The minimum atomic E-state index is -0.131. The molecule has 4 saturated carbocycles. The zero-order chi connectivity index (χ0) is 18.7. The van der Waals surface area contributed by atoms with Crippen molar-refractivity contribution in [2.24, 2.45) is 46.3 Å². The molecule has 0 spiro atoms. The molecular formula is C24H42O2. The van der Waals surface area contributed by atoms with E-state index >= 15 is 0 Å². The fraction of sp³-hybridized carbons (Fsp3) is 1.00. The van der Waals surface area contributed by atoms with E-state index in [1.165, 1.54) is 44.9 Å². The Hall–Kier alpha value is -0.0800. The molecule has 0 aromatic rings. The Labute approximate surface area is 161 Å². The summed E-state index contributed by atoms with van der Waals surface area (Å²) in [4.78, 5) is 0. The van der Waals surface area contributed by atoms with Crippen LogP contribution >= 0.6 is 0 Å². The summed E-state index contributed by atoms with van der Waals surface area (Å²) in [5, 5.41) is 21.5. The lowest BCUT2D eigenvalue weighted by Gasteiger charge is -2.62. The van der Waals surface area contributed by atoms with Crippen LogP contribution in [0.4, 0.5) is 0 Å². The smallest absolute Gasteiger partial charge is 0.0577 e. The van der Waals surface area contributed by atoms with Crippen LogP contribution in [-0.4, -0.2) is 22.4 Å². The second-order valence-electron chi connectivity index (χ2n) is 11.2. The molecule has 2 N–H and O–H groups in total. The second kappa shape index (κ2) is 6.76. The van der Waals surface area contributed by atoms with Crippen LogP contribution in [0.5, 0.6) is 0 Å². The predicted molar refractivity (Wildman–Crippen MR) is 107 cm³/mol. The Morgan fingerprint density at radius 3 is 2.35 bits per heavy atom. The van der Waals surface area contributed by atoms with Gasteiger partial charge in [-0.15, -0.1) is 0 Å². The van der Waals surface area contributed by atoms with E-state index in [0.717, 1.165) is 37.0 Å². The van der Waals surface area contributed by atoms with E-state index in [2.05, 4.69) is 27.7 Å². The molecule has 26 heavy (non-hydrogen) atoms. The molecule has 0 bridgehead atoms. The van der Waals surface area contributed by atoms with Crippen molar-refractivity contribution in [2.45, 2.75) is 104 Å². The van der Waals surface area contributed by atoms with Gasteiger partial charge >= 0.3 is 0 Å².